The molecule has 3 rings (SSSR count). The molecule has 5 heteroatoms. The molecule has 26 heavy (non-hydrogen) atoms. The number of carbonyl (C=O) groups is 1. The predicted molar refractivity (Wildman–Crippen MR) is 112 cm³/mol. The quantitative estimate of drug-likeness (QED) is 0.576. The van der Waals surface area contributed by atoms with Crippen LogP contribution in [0.1, 0.15) is 22.7 Å². The molecule has 0 saturated carbocycles. The first-order valence-corrected chi connectivity index (χ1v) is 8.95. The average molecular weight is 432 g/mol. The maximum atomic E-state index is 13.0. The van der Waals surface area contributed by atoms with Crippen molar-refractivity contribution in [3.05, 3.63) is 94.1 Å². The van der Waals surface area contributed by atoms with Gasteiger partial charge in [-0.25, -0.2) is 4.98 Å². The molecular weight excluding hydrogens is 412 g/mol. The molecule has 0 radical (unpaired) electrons. The van der Waals surface area contributed by atoms with Crippen molar-refractivity contribution >= 4 is 40.1 Å². The molecule has 1 aromatic heterocycles. The van der Waals surface area contributed by atoms with Crippen molar-refractivity contribution in [1.29, 1.82) is 0 Å². The standard InChI is InChI=1S/C21H19BrN2O.ClH/c1-15-19(22)12-13-20(23-15)24-21(25)18(17-10-6-3-7-11-17)14-16-8-4-2-5-9-16;/h2-13,18H,14H2,1H3,(H,23,24,25);1H. The van der Waals surface area contributed by atoms with Gasteiger partial charge in [-0.1, -0.05) is 60.7 Å². The lowest BCUT2D eigenvalue weighted by Crippen LogP contribution is -2.23. The monoisotopic (exact) mass is 430 g/mol. The van der Waals surface area contributed by atoms with Crippen LogP contribution in [0.4, 0.5) is 5.82 Å². The summed E-state index contributed by atoms with van der Waals surface area (Å²) in [7, 11) is 0. The first kappa shape index (κ1) is 20.1. The zero-order valence-electron chi connectivity index (χ0n) is 14.4. The van der Waals surface area contributed by atoms with E-state index in [9.17, 15) is 4.79 Å². The Hall–Kier alpha value is -2.17. The Morgan fingerprint density at radius 2 is 1.62 bits per heavy atom. The fraction of sp³-hybridized carbons (Fsp3) is 0.143. The van der Waals surface area contributed by atoms with Crippen molar-refractivity contribution < 1.29 is 4.79 Å². The number of aryl methyl sites for hydroxylation is 1. The van der Waals surface area contributed by atoms with Crippen LogP contribution in [-0.4, -0.2) is 10.9 Å². The van der Waals surface area contributed by atoms with Gasteiger partial charge in [-0.15, -0.1) is 12.4 Å². The third-order valence-electron chi connectivity index (χ3n) is 4.07. The lowest BCUT2D eigenvalue weighted by Gasteiger charge is -2.17. The molecule has 0 spiro atoms. The molecule has 0 aliphatic heterocycles. The van der Waals surface area contributed by atoms with E-state index in [0.29, 0.717) is 12.2 Å². The Labute approximate surface area is 168 Å². The molecule has 1 atom stereocenters. The van der Waals surface area contributed by atoms with Crippen LogP contribution < -0.4 is 5.32 Å². The minimum Gasteiger partial charge on any atom is -0.310 e. The van der Waals surface area contributed by atoms with Gasteiger partial charge < -0.3 is 5.32 Å². The molecule has 0 saturated heterocycles. The SMILES string of the molecule is Cc1nc(NC(=O)C(Cc2ccccc2)c2ccccc2)ccc1Br.Cl. The van der Waals surface area contributed by atoms with E-state index in [4.69, 9.17) is 0 Å². The first-order chi connectivity index (χ1) is 12.1. The van der Waals surface area contributed by atoms with Crippen LogP contribution in [0.3, 0.4) is 0 Å². The number of amides is 1. The number of pyridine rings is 1. The summed E-state index contributed by atoms with van der Waals surface area (Å²) in [5.41, 5.74) is 2.97. The number of nitrogens with zero attached hydrogens (tertiary/aromatic N) is 1. The molecule has 3 nitrogen and oxygen atoms in total. The molecule has 3 aromatic rings. The molecule has 1 N–H and O–H groups in total. The van der Waals surface area contributed by atoms with Crippen molar-refractivity contribution in [2.45, 2.75) is 19.3 Å². The van der Waals surface area contributed by atoms with Crippen molar-refractivity contribution in [2.24, 2.45) is 0 Å². The van der Waals surface area contributed by atoms with E-state index in [1.807, 2.05) is 73.7 Å². The van der Waals surface area contributed by atoms with Gasteiger partial charge in [0.25, 0.3) is 0 Å². The molecule has 0 aliphatic carbocycles. The number of carbonyl (C=O) groups excluding carboxylic acids is 1. The molecule has 0 bridgehead atoms. The Morgan fingerprint density at radius 1 is 1.00 bits per heavy atom. The van der Waals surface area contributed by atoms with Gasteiger partial charge in [0.1, 0.15) is 5.82 Å². The minimum atomic E-state index is -0.269. The van der Waals surface area contributed by atoms with E-state index < -0.39 is 0 Å². The summed E-state index contributed by atoms with van der Waals surface area (Å²) in [6.45, 7) is 1.90. The zero-order valence-corrected chi connectivity index (χ0v) is 16.8. The van der Waals surface area contributed by atoms with Gasteiger partial charge in [0.15, 0.2) is 0 Å². The summed E-state index contributed by atoms with van der Waals surface area (Å²) in [5, 5.41) is 2.96. The topological polar surface area (TPSA) is 42.0 Å². The van der Waals surface area contributed by atoms with Gasteiger partial charge in [-0.05, 0) is 52.5 Å². The average Bonchev–Trinajstić information content (AvgIpc) is 2.64. The van der Waals surface area contributed by atoms with E-state index in [-0.39, 0.29) is 24.2 Å². The van der Waals surface area contributed by atoms with E-state index in [1.54, 1.807) is 6.07 Å². The summed E-state index contributed by atoms with van der Waals surface area (Å²) in [5.74, 6) is 0.248. The lowest BCUT2D eigenvalue weighted by atomic mass is 9.91. The fourth-order valence-corrected chi connectivity index (χ4v) is 2.94. The van der Waals surface area contributed by atoms with E-state index in [1.165, 1.54) is 0 Å². The molecule has 134 valence electrons. The molecule has 1 amide bonds. The Bertz CT molecular complexity index is 856. The number of hydrogen-bond acceptors (Lipinski definition) is 2. The Balaban J connectivity index is 0.00000243. The zero-order chi connectivity index (χ0) is 17.6. The number of benzene rings is 2. The van der Waals surface area contributed by atoms with Gasteiger partial charge in [0.2, 0.25) is 5.91 Å². The number of rotatable bonds is 5. The Kier molecular flexibility index (Phi) is 7.37. The summed E-state index contributed by atoms with van der Waals surface area (Å²) in [6, 6.07) is 23.6. The highest BCUT2D eigenvalue weighted by Crippen LogP contribution is 2.23. The van der Waals surface area contributed by atoms with Crippen LogP contribution in [0.15, 0.2) is 77.3 Å². The second-order valence-corrected chi connectivity index (χ2v) is 6.76. The fourth-order valence-electron chi connectivity index (χ4n) is 2.72. The maximum Gasteiger partial charge on any atom is 0.233 e. The number of aromatic nitrogens is 1. The van der Waals surface area contributed by atoms with Crippen LogP contribution in [0, 0.1) is 6.92 Å². The van der Waals surface area contributed by atoms with Gasteiger partial charge in [-0.2, -0.15) is 0 Å². The summed E-state index contributed by atoms with van der Waals surface area (Å²) in [6.07, 6.45) is 0.645. The normalized spacial score (nSPS) is 11.3. The molecule has 2 aromatic carbocycles. The number of nitrogens with one attached hydrogen (secondary N) is 1. The Morgan fingerprint density at radius 3 is 2.23 bits per heavy atom. The number of halogens is 2. The summed E-state index contributed by atoms with van der Waals surface area (Å²) in [4.78, 5) is 17.4. The molecular formula is C21H20BrClN2O. The molecule has 1 unspecified atom stereocenters. The maximum absolute atomic E-state index is 13.0. The first-order valence-electron chi connectivity index (χ1n) is 8.16. The van der Waals surface area contributed by atoms with Crippen molar-refractivity contribution in [1.82, 2.24) is 4.98 Å². The molecule has 0 fully saturated rings. The van der Waals surface area contributed by atoms with E-state index in [2.05, 4.69) is 26.2 Å². The third-order valence-corrected chi connectivity index (χ3v) is 4.91. The van der Waals surface area contributed by atoms with Gasteiger partial charge in [-0.3, -0.25) is 4.79 Å². The second kappa shape index (κ2) is 9.51. The van der Waals surface area contributed by atoms with Gasteiger partial charge in [0, 0.05) is 4.47 Å². The van der Waals surface area contributed by atoms with Gasteiger partial charge in [0.05, 0.1) is 11.6 Å². The lowest BCUT2D eigenvalue weighted by molar-refractivity contribution is -0.117. The minimum absolute atomic E-state index is 0. The molecule has 0 aliphatic rings. The van der Waals surface area contributed by atoms with Crippen LogP contribution in [0.25, 0.3) is 0 Å². The highest BCUT2D eigenvalue weighted by atomic mass is 79.9. The van der Waals surface area contributed by atoms with Crippen LogP contribution in [0.2, 0.25) is 0 Å². The van der Waals surface area contributed by atoms with Crippen molar-refractivity contribution in [3.8, 4) is 0 Å². The highest BCUT2D eigenvalue weighted by molar-refractivity contribution is 9.10. The molecule has 1 heterocycles. The number of hydrogen-bond donors (Lipinski definition) is 1. The largest absolute Gasteiger partial charge is 0.310 e. The predicted octanol–water partition coefficient (Wildman–Crippen LogP) is 5.54. The number of anilines is 1. The van der Waals surface area contributed by atoms with Gasteiger partial charge >= 0.3 is 0 Å². The summed E-state index contributed by atoms with van der Waals surface area (Å²) < 4.78 is 0.925. The van der Waals surface area contributed by atoms with E-state index in [0.717, 1.165) is 21.3 Å². The van der Waals surface area contributed by atoms with Crippen LogP contribution >= 0.6 is 28.3 Å². The second-order valence-electron chi connectivity index (χ2n) is 5.91. The van der Waals surface area contributed by atoms with Crippen molar-refractivity contribution in [2.75, 3.05) is 5.32 Å². The summed E-state index contributed by atoms with van der Waals surface area (Å²) >= 11 is 3.43. The van der Waals surface area contributed by atoms with Crippen LogP contribution in [-0.2, 0) is 11.2 Å². The van der Waals surface area contributed by atoms with Crippen LogP contribution in [0.5, 0.6) is 0 Å². The highest BCUT2D eigenvalue weighted by Gasteiger charge is 2.21. The smallest absolute Gasteiger partial charge is 0.233 e. The van der Waals surface area contributed by atoms with E-state index >= 15 is 0 Å². The third kappa shape index (κ3) is 5.16. The van der Waals surface area contributed by atoms with Crippen molar-refractivity contribution in [3.63, 3.8) is 0 Å².